The molecule has 0 aromatic carbocycles. The zero-order chi connectivity index (χ0) is 14.3. The Morgan fingerprint density at radius 1 is 1.55 bits per heavy atom. The largest absolute Gasteiger partial charge is 0.386 e. The number of hydrogen-bond donors (Lipinski definition) is 2. The van der Waals surface area contributed by atoms with Crippen molar-refractivity contribution in [1.29, 1.82) is 0 Å². The molecule has 2 aliphatic rings. The number of β-amino-alcohol motifs (C(OH)–C–C–N with tert-alkyl or cyclic N) is 1. The molecule has 1 amide bonds. The maximum atomic E-state index is 12.4. The van der Waals surface area contributed by atoms with E-state index in [1.54, 1.807) is 11.1 Å². The molecule has 0 radical (unpaired) electrons. The van der Waals surface area contributed by atoms with Crippen molar-refractivity contribution in [3.63, 3.8) is 0 Å². The molecular formula is C14H22N4O2. The second-order valence-corrected chi connectivity index (χ2v) is 6.05. The molecule has 1 aromatic heterocycles. The summed E-state index contributed by atoms with van der Waals surface area (Å²) in [5.74, 6) is 0.381. The molecule has 0 atom stereocenters. The molecule has 0 spiro atoms. The minimum atomic E-state index is -0.626. The Balaban J connectivity index is 1.64. The van der Waals surface area contributed by atoms with Crippen LogP contribution < -0.4 is 5.73 Å². The van der Waals surface area contributed by atoms with Crippen LogP contribution in [0.2, 0.25) is 0 Å². The van der Waals surface area contributed by atoms with Gasteiger partial charge in [-0.2, -0.15) is 5.10 Å². The van der Waals surface area contributed by atoms with E-state index in [2.05, 4.69) is 5.10 Å². The van der Waals surface area contributed by atoms with E-state index in [1.165, 1.54) is 0 Å². The van der Waals surface area contributed by atoms with Crippen LogP contribution in [0, 0.1) is 12.8 Å². The topological polar surface area (TPSA) is 84.4 Å². The highest BCUT2D eigenvalue weighted by atomic mass is 16.3. The van der Waals surface area contributed by atoms with Crippen LogP contribution in [0.4, 0.5) is 0 Å². The van der Waals surface area contributed by atoms with Gasteiger partial charge in [-0.25, -0.2) is 0 Å². The maximum Gasteiger partial charge on any atom is 0.257 e. The van der Waals surface area contributed by atoms with Crippen LogP contribution in [0.3, 0.4) is 0 Å². The maximum absolute atomic E-state index is 12.4. The summed E-state index contributed by atoms with van der Waals surface area (Å²) in [5.41, 5.74) is 6.38. The Morgan fingerprint density at radius 3 is 2.85 bits per heavy atom. The molecule has 1 aliphatic heterocycles. The summed E-state index contributed by atoms with van der Waals surface area (Å²) in [6, 6.07) is 0. The number of hydrogen-bond acceptors (Lipinski definition) is 4. The molecule has 2 heterocycles. The standard InChI is InChI=1S/C14H22N4O2/c1-10-12(7-16-18(10)6-2-5-15)13(19)17-8-14(20,9-17)11-3-4-11/h7,11,20H,2-6,8-9,15H2,1H3. The van der Waals surface area contributed by atoms with Gasteiger partial charge >= 0.3 is 0 Å². The van der Waals surface area contributed by atoms with E-state index in [0.717, 1.165) is 31.5 Å². The number of aromatic nitrogens is 2. The average Bonchev–Trinajstić information content (AvgIpc) is 3.18. The molecule has 1 saturated carbocycles. The van der Waals surface area contributed by atoms with E-state index in [4.69, 9.17) is 5.73 Å². The molecule has 20 heavy (non-hydrogen) atoms. The predicted octanol–water partition coefficient (Wildman–Crippen LogP) is 0.137. The highest BCUT2D eigenvalue weighted by molar-refractivity contribution is 5.95. The number of aliphatic hydroxyl groups is 1. The first-order valence-electron chi connectivity index (χ1n) is 7.29. The van der Waals surface area contributed by atoms with Gasteiger partial charge in [-0.1, -0.05) is 0 Å². The summed E-state index contributed by atoms with van der Waals surface area (Å²) in [5, 5.41) is 14.5. The van der Waals surface area contributed by atoms with Crippen molar-refractivity contribution in [2.45, 2.75) is 38.3 Å². The molecule has 6 nitrogen and oxygen atoms in total. The number of rotatable bonds is 5. The zero-order valence-electron chi connectivity index (χ0n) is 11.9. The molecule has 0 unspecified atom stereocenters. The Bertz CT molecular complexity index is 515. The first-order chi connectivity index (χ1) is 9.55. The highest BCUT2D eigenvalue weighted by Gasteiger charge is 2.53. The van der Waals surface area contributed by atoms with Gasteiger partial charge in [-0.15, -0.1) is 0 Å². The first-order valence-corrected chi connectivity index (χ1v) is 7.29. The molecule has 0 bridgehead atoms. The lowest BCUT2D eigenvalue weighted by atomic mass is 9.88. The van der Waals surface area contributed by atoms with Gasteiger partial charge in [-0.05, 0) is 38.6 Å². The van der Waals surface area contributed by atoms with Crippen LogP contribution in [0.15, 0.2) is 6.20 Å². The summed E-state index contributed by atoms with van der Waals surface area (Å²) < 4.78 is 1.83. The van der Waals surface area contributed by atoms with Gasteiger partial charge in [0.25, 0.3) is 5.91 Å². The van der Waals surface area contributed by atoms with E-state index in [9.17, 15) is 9.90 Å². The Kier molecular flexibility index (Phi) is 3.30. The fourth-order valence-electron chi connectivity index (χ4n) is 2.93. The van der Waals surface area contributed by atoms with E-state index < -0.39 is 5.60 Å². The summed E-state index contributed by atoms with van der Waals surface area (Å²) in [6.07, 6.45) is 4.66. The zero-order valence-corrected chi connectivity index (χ0v) is 11.9. The fourth-order valence-corrected chi connectivity index (χ4v) is 2.93. The number of carbonyl (C=O) groups is 1. The van der Waals surface area contributed by atoms with Gasteiger partial charge in [0.15, 0.2) is 0 Å². The molecule has 3 rings (SSSR count). The van der Waals surface area contributed by atoms with Crippen molar-refractivity contribution < 1.29 is 9.90 Å². The number of nitrogens with two attached hydrogens (primary N) is 1. The van der Waals surface area contributed by atoms with Crippen molar-refractivity contribution in [2.24, 2.45) is 11.7 Å². The fraction of sp³-hybridized carbons (Fsp3) is 0.714. The average molecular weight is 278 g/mol. The lowest BCUT2D eigenvalue weighted by molar-refractivity contribution is -0.0958. The van der Waals surface area contributed by atoms with Gasteiger partial charge in [-0.3, -0.25) is 9.48 Å². The molecule has 6 heteroatoms. The van der Waals surface area contributed by atoms with E-state index in [0.29, 0.717) is 31.1 Å². The van der Waals surface area contributed by atoms with E-state index >= 15 is 0 Å². The van der Waals surface area contributed by atoms with E-state index in [1.807, 2.05) is 11.6 Å². The van der Waals surface area contributed by atoms with Gasteiger partial charge < -0.3 is 15.7 Å². The summed E-state index contributed by atoms with van der Waals surface area (Å²) >= 11 is 0. The van der Waals surface area contributed by atoms with Gasteiger partial charge in [0.2, 0.25) is 0 Å². The van der Waals surface area contributed by atoms with Gasteiger partial charge in [0, 0.05) is 12.2 Å². The summed E-state index contributed by atoms with van der Waals surface area (Å²) in [6.45, 7) is 4.18. The number of amides is 1. The molecule has 1 aromatic rings. The molecule has 1 aliphatic carbocycles. The first kappa shape index (κ1) is 13.6. The second kappa shape index (κ2) is 4.86. The third-order valence-corrected chi connectivity index (χ3v) is 4.46. The minimum Gasteiger partial charge on any atom is -0.386 e. The van der Waals surface area contributed by atoms with Crippen molar-refractivity contribution in [3.05, 3.63) is 17.5 Å². The monoisotopic (exact) mass is 278 g/mol. The second-order valence-electron chi connectivity index (χ2n) is 6.05. The van der Waals surface area contributed by atoms with Gasteiger partial charge in [0.1, 0.15) is 5.60 Å². The number of aryl methyl sites for hydroxylation is 1. The highest BCUT2D eigenvalue weighted by Crippen LogP contribution is 2.44. The van der Waals surface area contributed by atoms with E-state index in [-0.39, 0.29) is 5.91 Å². The van der Waals surface area contributed by atoms with Crippen LogP contribution in [-0.2, 0) is 6.54 Å². The van der Waals surface area contributed by atoms with Crippen molar-refractivity contribution >= 4 is 5.91 Å². The lowest BCUT2D eigenvalue weighted by Gasteiger charge is -2.46. The quantitative estimate of drug-likeness (QED) is 0.802. The Labute approximate surface area is 118 Å². The number of carbonyl (C=O) groups excluding carboxylic acids is 1. The normalized spacial score (nSPS) is 20.9. The Morgan fingerprint density at radius 2 is 2.25 bits per heavy atom. The van der Waals surface area contributed by atoms with Crippen LogP contribution in [0.5, 0.6) is 0 Å². The molecule has 1 saturated heterocycles. The van der Waals surface area contributed by atoms with Gasteiger partial charge in [0.05, 0.1) is 24.8 Å². The van der Waals surface area contributed by atoms with Crippen molar-refractivity contribution in [3.8, 4) is 0 Å². The third kappa shape index (κ3) is 2.23. The summed E-state index contributed by atoms with van der Waals surface area (Å²) in [4.78, 5) is 14.1. The molecule has 2 fully saturated rings. The Hall–Kier alpha value is -1.40. The molecule has 110 valence electrons. The van der Waals surface area contributed by atoms with Crippen LogP contribution in [-0.4, -0.2) is 50.9 Å². The van der Waals surface area contributed by atoms with Crippen molar-refractivity contribution in [1.82, 2.24) is 14.7 Å². The predicted molar refractivity (Wildman–Crippen MR) is 74.2 cm³/mol. The minimum absolute atomic E-state index is 0.0215. The third-order valence-electron chi connectivity index (χ3n) is 4.46. The molecular weight excluding hydrogens is 256 g/mol. The van der Waals surface area contributed by atoms with Crippen molar-refractivity contribution in [2.75, 3.05) is 19.6 Å². The smallest absolute Gasteiger partial charge is 0.257 e. The van der Waals surface area contributed by atoms with Crippen LogP contribution in [0.1, 0.15) is 35.3 Å². The number of likely N-dealkylation sites (tertiary alicyclic amines) is 1. The lowest BCUT2D eigenvalue weighted by Crippen LogP contribution is -2.64. The van der Waals surface area contributed by atoms with Crippen LogP contribution in [0.25, 0.3) is 0 Å². The van der Waals surface area contributed by atoms with Crippen LogP contribution >= 0.6 is 0 Å². The molecule has 3 N–H and O–H groups in total. The summed E-state index contributed by atoms with van der Waals surface area (Å²) in [7, 11) is 0. The number of nitrogens with zero attached hydrogens (tertiary/aromatic N) is 3. The SMILES string of the molecule is Cc1c(C(=O)N2CC(O)(C3CC3)C2)cnn1CCCN.